The Balaban J connectivity index is 2.32. The van der Waals surface area contributed by atoms with Crippen molar-refractivity contribution in [1.29, 1.82) is 0 Å². The zero-order valence-electron chi connectivity index (χ0n) is 10.6. The second-order valence-electron chi connectivity index (χ2n) is 3.79. The third-order valence-electron chi connectivity index (χ3n) is 2.35. The van der Waals surface area contributed by atoms with Crippen molar-refractivity contribution in [2.45, 2.75) is 20.1 Å². The van der Waals surface area contributed by atoms with Crippen LogP contribution in [-0.2, 0) is 17.9 Å². The monoisotopic (exact) mass is 252 g/mol. The van der Waals surface area contributed by atoms with Gasteiger partial charge in [0.2, 0.25) is 0 Å². The molecule has 0 saturated carbocycles. The number of benzene rings is 1. The molecular weight excluding hydrogens is 232 g/mol. The molecule has 0 aliphatic heterocycles. The lowest BCUT2D eigenvalue weighted by molar-refractivity contribution is 0.134. The van der Waals surface area contributed by atoms with Crippen molar-refractivity contribution in [3.8, 4) is 0 Å². The molecule has 0 fully saturated rings. The van der Waals surface area contributed by atoms with Gasteiger partial charge < -0.3 is 20.5 Å². The highest BCUT2D eigenvalue weighted by atomic mass is 16.5. The minimum absolute atomic E-state index is 0.0560. The number of carbonyl (C=O) groups is 1. The average Bonchev–Trinajstić information content (AvgIpc) is 2.41. The van der Waals surface area contributed by atoms with Crippen LogP contribution in [0.25, 0.3) is 0 Å². The number of rotatable bonds is 7. The van der Waals surface area contributed by atoms with E-state index in [1.807, 2.05) is 31.2 Å². The van der Waals surface area contributed by atoms with Crippen molar-refractivity contribution in [1.82, 2.24) is 10.6 Å². The van der Waals surface area contributed by atoms with Gasteiger partial charge in [-0.25, -0.2) is 4.79 Å². The quantitative estimate of drug-likeness (QED) is 0.678. The Morgan fingerprint density at radius 1 is 1.22 bits per heavy atom. The molecule has 1 aromatic rings. The van der Waals surface area contributed by atoms with Gasteiger partial charge in [0, 0.05) is 19.7 Å². The fourth-order valence-electron chi connectivity index (χ4n) is 1.39. The lowest BCUT2D eigenvalue weighted by atomic mass is 10.1. The summed E-state index contributed by atoms with van der Waals surface area (Å²) in [6, 6.07) is 7.61. The fourth-order valence-corrected chi connectivity index (χ4v) is 1.39. The highest BCUT2D eigenvalue weighted by molar-refractivity contribution is 5.73. The van der Waals surface area contributed by atoms with Crippen LogP contribution in [0.3, 0.4) is 0 Å². The van der Waals surface area contributed by atoms with Crippen LogP contribution in [0.4, 0.5) is 4.79 Å². The number of aliphatic hydroxyl groups excluding tert-OH is 1. The summed E-state index contributed by atoms with van der Waals surface area (Å²) in [5, 5.41) is 13.8. The zero-order chi connectivity index (χ0) is 13.2. The van der Waals surface area contributed by atoms with Crippen LogP contribution in [0.15, 0.2) is 24.3 Å². The van der Waals surface area contributed by atoms with Gasteiger partial charge in [-0.3, -0.25) is 0 Å². The number of hydrogen-bond acceptors (Lipinski definition) is 3. The topological polar surface area (TPSA) is 70.6 Å². The van der Waals surface area contributed by atoms with Gasteiger partial charge in [-0.1, -0.05) is 24.3 Å². The number of ether oxygens (including phenoxy) is 1. The summed E-state index contributed by atoms with van der Waals surface area (Å²) < 4.78 is 5.30. The first-order valence-electron chi connectivity index (χ1n) is 6.04. The first-order valence-corrected chi connectivity index (χ1v) is 6.04. The van der Waals surface area contributed by atoms with E-state index in [4.69, 9.17) is 9.84 Å². The van der Waals surface area contributed by atoms with Crippen LogP contribution in [-0.4, -0.2) is 30.9 Å². The highest BCUT2D eigenvalue weighted by Gasteiger charge is 1.99. The Hall–Kier alpha value is -1.59. The van der Waals surface area contributed by atoms with E-state index >= 15 is 0 Å². The van der Waals surface area contributed by atoms with Crippen molar-refractivity contribution in [2.75, 3.05) is 19.8 Å². The van der Waals surface area contributed by atoms with Gasteiger partial charge >= 0.3 is 6.03 Å². The Bertz CT molecular complexity index is 352. The first kappa shape index (κ1) is 14.5. The van der Waals surface area contributed by atoms with E-state index < -0.39 is 0 Å². The summed E-state index contributed by atoms with van der Waals surface area (Å²) in [6.45, 7) is 3.95. The molecule has 2 amide bonds. The number of nitrogens with one attached hydrogen (secondary N) is 2. The van der Waals surface area contributed by atoms with Gasteiger partial charge in [-0.2, -0.15) is 0 Å². The molecule has 0 aliphatic carbocycles. The number of carbonyl (C=O) groups excluding carboxylic acids is 1. The maximum absolute atomic E-state index is 11.2. The van der Waals surface area contributed by atoms with Crippen molar-refractivity contribution >= 4 is 6.03 Å². The second-order valence-corrected chi connectivity index (χ2v) is 3.79. The van der Waals surface area contributed by atoms with Gasteiger partial charge in [-0.05, 0) is 18.1 Å². The van der Waals surface area contributed by atoms with E-state index in [-0.39, 0.29) is 19.2 Å². The van der Waals surface area contributed by atoms with E-state index in [1.165, 1.54) is 0 Å². The molecular formula is C13H20N2O3. The van der Waals surface area contributed by atoms with Crippen LogP contribution in [0.2, 0.25) is 0 Å². The highest BCUT2D eigenvalue weighted by Crippen LogP contribution is 2.05. The number of amides is 2. The molecule has 0 bridgehead atoms. The maximum Gasteiger partial charge on any atom is 0.315 e. The molecule has 0 spiro atoms. The van der Waals surface area contributed by atoms with Gasteiger partial charge in [0.05, 0.1) is 13.2 Å². The molecule has 0 aromatic heterocycles. The summed E-state index contributed by atoms with van der Waals surface area (Å²) in [5.74, 6) is 0. The van der Waals surface area contributed by atoms with Crippen LogP contribution in [0.5, 0.6) is 0 Å². The van der Waals surface area contributed by atoms with Crippen molar-refractivity contribution < 1.29 is 14.6 Å². The minimum atomic E-state index is -0.276. The van der Waals surface area contributed by atoms with Crippen molar-refractivity contribution in [2.24, 2.45) is 0 Å². The lowest BCUT2D eigenvalue weighted by Crippen LogP contribution is -2.36. The van der Waals surface area contributed by atoms with Crippen molar-refractivity contribution in [3.05, 3.63) is 35.4 Å². The Kier molecular flexibility index (Phi) is 6.83. The van der Waals surface area contributed by atoms with Crippen molar-refractivity contribution in [3.63, 3.8) is 0 Å². The molecule has 1 aromatic carbocycles. The predicted octanol–water partition coefficient (Wildman–Crippen LogP) is 1.01. The molecule has 5 heteroatoms. The maximum atomic E-state index is 11.2. The van der Waals surface area contributed by atoms with E-state index in [0.29, 0.717) is 19.8 Å². The third kappa shape index (κ3) is 5.65. The molecule has 0 heterocycles. The Labute approximate surface area is 107 Å². The molecule has 0 saturated heterocycles. The minimum Gasteiger partial charge on any atom is -0.395 e. The molecule has 0 atom stereocenters. The predicted molar refractivity (Wildman–Crippen MR) is 69.1 cm³/mol. The number of aliphatic hydroxyl groups is 1. The fraction of sp³-hybridized carbons (Fsp3) is 0.462. The lowest BCUT2D eigenvalue weighted by Gasteiger charge is -2.07. The molecule has 5 nitrogen and oxygen atoms in total. The third-order valence-corrected chi connectivity index (χ3v) is 2.35. The first-order chi connectivity index (χ1) is 8.76. The van der Waals surface area contributed by atoms with Gasteiger partial charge in [0.25, 0.3) is 0 Å². The summed E-state index contributed by atoms with van der Waals surface area (Å²) >= 11 is 0. The van der Waals surface area contributed by atoms with Gasteiger partial charge in [0.15, 0.2) is 0 Å². The smallest absolute Gasteiger partial charge is 0.315 e. The standard InChI is InChI=1S/C13H20N2O3/c1-2-18-10-12-5-3-11(4-6-12)9-15-13(17)14-7-8-16/h3-6,16H,2,7-10H2,1H3,(H2,14,15,17). The number of urea groups is 1. The normalized spacial score (nSPS) is 10.1. The molecule has 0 aliphatic rings. The van der Waals surface area contributed by atoms with E-state index in [0.717, 1.165) is 11.1 Å². The summed E-state index contributed by atoms with van der Waals surface area (Å²) in [5.41, 5.74) is 2.14. The molecule has 18 heavy (non-hydrogen) atoms. The van der Waals surface area contributed by atoms with E-state index in [1.54, 1.807) is 0 Å². The Morgan fingerprint density at radius 2 is 1.89 bits per heavy atom. The molecule has 100 valence electrons. The molecule has 0 unspecified atom stereocenters. The van der Waals surface area contributed by atoms with Gasteiger partial charge in [-0.15, -0.1) is 0 Å². The molecule has 0 radical (unpaired) electrons. The largest absolute Gasteiger partial charge is 0.395 e. The summed E-state index contributed by atoms with van der Waals surface area (Å²) in [7, 11) is 0. The van der Waals surface area contributed by atoms with Gasteiger partial charge in [0.1, 0.15) is 0 Å². The average molecular weight is 252 g/mol. The van der Waals surface area contributed by atoms with Crippen LogP contribution in [0, 0.1) is 0 Å². The van der Waals surface area contributed by atoms with Crippen LogP contribution < -0.4 is 10.6 Å². The van der Waals surface area contributed by atoms with E-state index in [2.05, 4.69) is 10.6 Å². The zero-order valence-corrected chi connectivity index (χ0v) is 10.6. The summed E-state index contributed by atoms with van der Waals surface area (Å²) in [4.78, 5) is 11.2. The SMILES string of the molecule is CCOCc1ccc(CNC(=O)NCCO)cc1. The Morgan fingerprint density at radius 3 is 2.50 bits per heavy atom. The summed E-state index contributed by atoms with van der Waals surface area (Å²) in [6.07, 6.45) is 0. The molecule has 3 N–H and O–H groups in total. The van der Waals surface area contributed by atoms with Crippen LogP contribution >= 0.6 is 0 Å². The molecule has 1 rings (SSSR count). The van der Waals surface area contributed by atoms with E-state index in [9.17, 15) is 4.79 Å². The number of hydrogen-bond donors (Lipinski definition) is 3. The second kappa shape index (κ2) is 8.49. The van der Waals surface area contributed by atoms with Crippen LogP contribution in [0.1, 0.15) is 18.1 Å².